The van der Waals surface area contributed by atoms with Crippen LogP contribution < -0.4 is 0 Å². The summed E-state index contributed by atoms with van der Waals surface area (Å²) in [5.74, 6) is -1.06. The van der Waals surface area contributed by atoms with Crippen LogP contribution in [-0.2, 0) is 14.3 Å². The summed E-state index contributed by atoms with van der Waals surface area (Å²) >= 11 is 0. The highest BCUT2D eigenvalue weighted by atomic mass is 16.5. The van der Waals surface area contributed by atoms with Crippen molar-refractivity contribution in [3.05, 3.63) is 12.2 Å². The molecule has 0 aromatic carbocycles. The van der Waals surface area contributed by atoms with Crippen molar-refractivity contribution in [2.24, 2.45) is 0 Å². The number of hydrogen-bond donors (Lipinski definition) is 1. The average Bonchev–Trinajstić information content (AvgIpc) is 2.95. The molecule has 0 aromatic heterocycles. The van der Waals surface area contributed by atoms with Gasteiger partial charge in [-0.15, -0.1) is 0 Å². The Labute approximate surface area is 125 Å². The van der Waals surface area contributed by atoms with Gasteiger partial charge in [-0.05, 0) is 20.3 Å². The Morgan fingerprint density at radius 1 is 1.33 bits per heavy atom. The van der Waals surface area contributed by atoms with Crippen LogP contribution in [-0.4, -0.2) is 71.2 Å². The second-order valence-electron chi connectivity index (χ2n) is 6.17. The van der Waals surface area contributed by atoms with Crippen LogP contribution >= 0.6 is 0 Å². The first kappa shape index (κ1) is 16.0. The third kappa shape index (κ3) is 3.83. The van der Waals surface area contributed by atoms with Gasteiger partial charge < -0.3 is 14.7 Å². The zero-order valence-corrected chi connectivity index (χ0v) is 12.7. The quantitative estimate of drug-likeness (QED) is 0.757. The number of nitrogens with zero attached hydrogens (tertiary/aromatic N) is 2. The van der Waals surface area contributed by atoms with E-state index in [1.165, 1.54) is 4.90 Å². The predicted molar refractivity (Wildman–Crippen MR) is 78.0 cm³/mol. The van der Waals surface area contributed by atoms with Crippen LogP contribution in [0.5, 0.6) is 0 Å². The molecular formula is C15H24N2O4. The summed E-state index contributed by atoms with van der Waals surface area (Å²) in [7, 11) is 0. The fourth-order valence-electron chi connectivity index (χ4n) is 2.88. The van der Waals surface area contributed by atoms with E-state index in [9.17, 15) is 9.59 Å². The van der Waals surface area contributed by atoms with Gasteiger partial charge in [0.05, 0.1) is 13.2 Å². The lowest BCUT2D eigenvalue weighted by Gasteiger charge is -2.41. The first-order valence-electron chi connectivity index (χ1n) is 7.43. The minimum Gasteiger partial charge on any atom is -0.479 e. The van der Waals surface area contributed by atoms with Crippen molar-refractivity contribution in [2.45, 2.75) is 38.3 Å². The van der Waals surface area contributed by atoms with Crippen molar-refractivity contribution in [3.8, 4) is 0 Å². The lowest BCUT2D eigenvalue weighted by molar-refractivity contribution is -0.147. The fourth-order valence-corrected chi connectivity index (χ4v) is 2.88. The molecule has 0 aliphatic carbocycles. The van der Waals surface area contributed by atoms with E-state index in [0.717, 1.165) is 26.3 Å². The monoisotopic (exact) mass is 296 g/mol. The summed E-state index contributed by atoms with van der Waals surface area (Å²) in [6, 6.07) is -0.802. The molecule has 6 heteroatoms. The lowest BCUT2D eigenvalue weighted by Crippen LogP contribution is -2.50. The predicted octanol–water partition coefficient (Wildman–Crippen LogP) is 0.729. The molecule has 0 spiro atoms. The van der Waals surface area contributed by atoms with Crippen LogP contribution in [0.25, 0.3) is 0 Å². The first-order valence-corrected chi connectivity index (χ1v) is 7.43. The standard InChI is InChI=1S/C15H24N2O4/c1-15(2,16-8-10-21-11-9-16)6-5-13(18)17-7-3-4-12(17)14(19)20/h3-4,12H,5-11H2,1-2H3,(H,19,20). The van der Waals surface area contributed by atoms with E-state index >= 15 is 0 Å². The molecule has 0 saturated carbocycles. The highest BCUT2D eigenvalue weighted by Crippen LogP contribution is 2.23. The van der Waals surface area contributed by atoms with E-state index in [1.807, 2.05) is 0 Å². The number of carbonyl (C=O) groups is 2. The maximum atomic E-state index is 12.3. The molecule has 1 unspecified atom stereocenters. The number of carboxylic acid groups (broad SMARTS) is 1. The summed E-state index contributed by atoms with van der Waals surface area (Å²) < 4.78 is 5.35. The van der Waals surface area contributed by atoms with Crippen LogP contribution in [0.1, 0.15) is 26.7 Å². The fraction of sp³-hybridized carbons (Fsp3) is 0.733. The number of carboxylic acids is 1. The maximum absolute atomic E-state index is 12.3. The average molecular weight is 296 g/mol. The third-order valence-electron chi connectivity index (χ3n) is 4.35. The molecule has 0 aromatic rings. The van der Waals surface area contributed by atoms with Gasteiger partial charge in [-0.1, -0.05) is 12.2 Å². The molecule has 2 rings (SSSR count). The summed E-state index contributed by atoms with van der Waals surface area (Å²) in [5, 5.41) is 9.10. The Hall–Kier alpha value is -1.40. The van der Waals surface area contributed by atoms with Crippen LogP contribution in [0.3, 0.4) is 0 Å². The number of amides is 1. The van der Waals surface area contributed by atoms with Gasteiger partial charge in [0.2, 0.25) is 5.91 Å². The van der Waals surface area contributed by atoms with E-state index < -0.39 is 12.0 Å². The number of morpholine rings is 1. The summed E-state index contributed by atoms with van der Waals surface area (Å²) in [4.78, 5) is 27.1. The van der Waals surface area contributed by atoms with E-state index in [2.05, 4.69) is 18.7 Å². The molecule has 1 fully saturated rings. The molecule has 1 N–H and O–H groups in total. The Morgan fingerprint density at radius 2 is 2.00 bits per heavy atom. The molecule has 6 nitrogen and oxygen atoms in total. The topological polar surface area (TPSA) is 70.1 Å². The normalized spacial score (nSPS) is 23.5. The zero-order valence-electron chi connectivity index (χ0n) is 12.7. The van der Waals surface area contributed by atoms with Crippen LogP contribution in [0.2, 0.25) is 0 Å². The smallest absolute Gasteiger partial charge is 0.330 e. The van der Waals surface area contributed by atoms with E-state index in [0.29, 0.717) is 19.4 Å². The van der Waals surface area contributed by atoms with Gasteiger partial charge >= 0.3 is 5.97 Å². The molecule has 21 heavy (non-hydrogen) atoms. The molecule has 0 radical (unpaired) electrons. The second kappa shape index (κ2) is 6.58. The van der Waals surface area contributed by atoms with E-state index in [4.69, 9.17) is 9.84 Å². The Bertz CT molecular complexity index is 427. The summed E-state index contributed by atoms with van der Waals surface area (Å²) in [5.41, 5.74) is -0.0781. The Morgan fingerprint density at radius 3 is 2.62 bits per heavy atom. The Kier molecular flexibility index (Phi) is 5.00. The van der Waals surface area contributed by atoms with E-state index in [-0.39, 0.29) is 11.4 Å². The number of ether oxygens (including phenoxy) is 1. The minimum atomic E-state index is -0.968. The molecule has 2 aliphatic heterocycles. The molecule has 1 amide bonds. The lowest BCUT2D eigenvalue weighted by atomic mass is 9.95. The third-order valence-corrected chi connectivity index (χ3v) is 4.35. The maximum Gasteiger partial charge on any atom is 0.330 e. The van der Waals surface area contributed by atoms with Crippen LogP contribution in [0.15, 0.2) is 12.2 Å². The van der Waals surface area contributed by atoms with Gasteiger partial charge in [-0.25, -0.2) is 4.79 Å². The first-order chi connectivity index (χ1) is 9.92. The van der Waals surface area contributed by atoms with E-state index in [1.54, 1.807) is 12.2 Å². The van der Waals surface area contributed by atoms with Crippen molar-refractivity contribution < 1.29 is 19.4 Å². The van der Waals surface area contributed by atoms with Crippen molar-refractivity contribution in [2.75, 3.05) is 32.8 Å². The Balaban J connectivity index is 1.87. The largest absolute Gasteiger partial charge is 0.479 e. The van der Waals surface area contributed by atoms with Crippen LogP contribution in [0.4, 0.5) is 0 Å². The second-order valence-corrected chi connectivity index (χ2v) is 6.17. The van der Waals surface area contributed by atoms with Crippen molar-refractivity contribution in [1.29, 1.82) is 0 Å². The number of hydrogen-bond acceptors (Lipinski definition) is 4. The van der Waals surface area contributed by atoms with Gasteiger partial charge in [0.1, 0.15) is 6.04 Å². The minimum absolute atomic E-state index is 0.0781. The molecule has 2 aliphatic rings. The number of carbonyl (C=O) groups excluding carboxylic acids is 1. The summed E-state index contributed by atoms with van der Waals surface area (Å²) in [6.45, 7) is 7.87. The van der Waals surface area contributed by atoms with Crippen molar-refractivity contribution >= 4 is 11.9 Å². The zero-order chi connectivity index (χ0) is 15.5. The molecule has 118 valence electrons. The highest BCUT2D eigenvalue weighted by molar-refractivity contribution is 5.86. The number of aliphatic carboxylic acids is 1. The molecule has 1 saturated heterocycles. The number of rotatable bonds is 5. The van der Waals surface area contributed by atoms with Gasteiger partial charge in [0, 0.05) is 31.6 Å². The van der Waals surface area contributed by atoms with Gasteiger partial charge in [0.15, 0.2) is 0 Å². The van der Waals surface area contributed by atoms with Gasteiger partial charge in [0.25, 0.3) is 0 Å². The molecule has 0 bridgehead atoms. The van der Waals surface area contributed by atoms with Gasteiger partial charge in [-0.3, -0.25) is 9.69 Å². The summed E-state index contributed by atoms with van der Waals surface area (Å²) in [6.07, 6.45) is 4.40. The molecule has 2 heterocycles. The van der Waals surface area contributed by atoms with Crippen LogP contribution in [0, 0.1) is 0 Å². The SMILES string of the molecule is CC(C)(CCC(=O)N1CC=CC1C(=O)O)N1CCOCC1. The molecule has 1 atom stereocenters. The van der Waals surface area contributed by atoms with Crippen molar-refractivity contribution in [1.82, 2.24) is 9.80 Å². The van der Waals surface area contributed by atoms with Gasteiger partial charge in [-0.2, -0.15) is 0 Å². The molecular weight excluding hydrogens is 272 g/mol. The highest BCUT2D eigenvalue weighted by Gasteiger charge is 2.33. The van der Waals surface area contributed by atoms with Crippen molar-refractivity contribution in [3.63, 3.8) is 0 Å².